The normalized spacial score (nSPS) is 12.1. The molecule has 9 heteroatoms. The number of nitrogens with one attached hydrogen (secondary N) is 2. The summed E-state index contributed by atoms with van der Waals surface area (Å²) in [4.78, 5) is 25.2. The van der Waals surface area contributed by atoms with E-state index in [1.165, 1.54) is 6.21 Å². The van der Waals surface area contributed by atoms with Crippen LogP contribution < -0.4 is 15.5 Å². The average molecular weight is 558 g/mol. The van der Waals surface area contributed by atoms with Crippen LogP contribution in [0, 0.1) is 9.49 Å². The third-order valence-corrected chi connectivity index (χ3v) is 5.25. The summed E-state index contributed by atoms with van der Waals surface area (Å²) in [6, 6.07) is 9.03. The summed E-state index contributed by atoms with van der Waals surface area (Å²) in [5.74, 6) is -0.208. The molecule has 2 amide bonds. The van der Waals surface area contributed by atoms with Gasteiger partial charge in [-0.25, -0.2) is 5.43 Å². The monoisotopic (exact) mass is 557 g/mol. The SMILES string of the molecule is CCOc1cc(C=NNC(=O)C(CC(C)C)NC(=O)c2ccc(Cl)cc2)cc(I)c1O. The number of hydrogen-bond donors (Lipinski definition) is 3. The van der Waals surface area contributed by atoms with Gasteiger partial charge in [0.2, 0.25) is 0 Å². The average Bonchev–Trinajstić information content (AvgIpc) is 2.71. The molecular formula is C22H25ClIN3O4. The van der Waals surface area contributed by atoms with Gasteiger partial charge in [0.25, 0.3) is 11.8 Å². The fraction of sp³-hybridized carbons (Fsp3) is 0.318. The van der Waals surface area contributed by atoms with Crippen LogP contribution in [-0.4, -0.2) is 35.8 Å². The number of halogens is 2. The van der Waals surface area contributed by atoms with E-state index in [4.69, 9.17) is 16.3 Å². The fourth-order valence-electron chi connectivity index (χ4n) is 2.73. The number of benzene rings is 2. The van der Waals surface area contributed by atoms with Crippen molar-refractivity contribution in [1.29, 1.82) is 0 Å². The van der Waals surface area contributed by atoms with Crippen LogP contribution in [0.3, 0.4) is 0 Å². The number of hydrogen-bond acceptors (Lipinski definition) is 5. The maximum Gasteiger partial charge on any atom is 0.262 e. The van der Waals surface area contributed by atoms with Crippen LogP contribution in [0.5, 0.6) is 11.5 Å². The van der Waals surface area contributed by atoms with Gasteiger partial charge in [0.15, 0.2) is 11.5 Å². The zero-order chi connectivity index (χ0) is 23.0. The van der Waals surface area contributed by atoms with Crippen LogP contribution in [0.2, 0.25) is 5.02 Å². The minimum Gasteiger partial charge on any atom is -0.504 e. The molecule has 166 valence electrons. The highest BCUT2D eigenvalue weighted by Gasteiger charge is 2.22. The number of aromatic hydroxyl groups is 1. The molecule has 31 heavy (non-hydrogen) atoms. The Bertz CT molecular complexity index is 949. The summed E-state index contributed by atoms with van der Waals surface area (Å²) in [7, 11) is 0. The van der Waals surface area contributed by atoms with Gasteiger partial charge in [-0.1, -0.05) is 25.4 Å². The number of hydrazone groups is 1. The molecule has 0 saturated heterocycles. The molecule has 7 nitrogen and oxygen atoms in total. The molecule has 1 atom stereocenters. The summed E-state index contributed by atoms with van der Waals surface area (Å²) in [5.41, 5.74) is 3.54. The molecule has 0 aliphatic rings. The van der Waals surface area contributed by atoms with Crippen LogP contribution in [0.1, 0.15) is 43.1 Å². The first-order valence-electron chi connectivity index (χ1n) is 9.75. The van der Waals surface area contributed by atoms with Gasteiger partial charge in [-0.2, -0.15) is 5.10 Å². The van der Waals surface area contributed by atoms with Gasteiger partial charge in [-0.05, 0) is 83.8 Å². The predicted octanol–water partition coefficient (Wildman–Crippen LogP) is 4.34. The molecule has 0 bridgehead atoms. The number of amides is 2. The van der Waals surface area contributed by atoms with E-state index in [0.29, 0.717) is 38.5 Å². The van der Waals surface area contributed by atoms with Crippen molar-refractivity contribution in [3.8, 4) is 11.5 Å². The largest absolute Gasteiger partial charge is 0.504 e. The number of phenols is 1. The number of phenolic OH excluding ortho intramolecular Hbond substituents is 1. The highest BCUT2D eigenvalue weighted by atomic mass is 127. The van der Waals surface area contributed by atoms with Crippen molar-refractivity contribution in [1.82, 2.24) is 10.7 Å². The van der Waals surface area contributed by atoms with Crippen molar-refractivity contribution in [3.05, 3.63) is 56.1 Å². The Labute approximate surface area is 200 Å². The Morgan fingerprint density at radius 3 is 2.55 bits per heavy atom. The van der Waals surface area contributed by atoms with Crippen LogP contribution in [0.4, 0.5) is 0 Å². The molecule has 2 rings (SSSR count). The number of nitrogens with zero attached hydrogens (tertiary/aromatic N) is 1. The first-order chi connectivity index (χ1) is 14.7. The Morgan fingerprint density at radius 2 is 1.94 bits per heavy atom. The number of carbonyl (C=O) groups is 2. The standard InChI is InChI=1S/C22H25ClIN3O4/c1-4-31-19-11-14(10-17(24)20(19)28)12-25-27-22(30)18(9-13(2)3)26-21(29)15-5-7-16(23)8-6-15/h5-8,10-13,18,28H,4,9H2,1-3H3,(H,26,29)(H,27,30). The van der Waals surface area contributed by atoms with Crippen LogP contribution in [0.25, 0.3) is 0 Å². The van der Waals surface area contributed by atoms with Crippen molar-refractivity contribution in [2.75, 3.05) is 6.61 Å². The first-order valence-corrected chi connectivity index (χ1v) is 11.2. The second-order valence-electron chi connectivity index (χ2n) is 7.18. The highest BCUT2D eigenvalue weighted by Crippen LogP contribution is 2.32. The van der Waals surface area contributed by atoms with Gasteiger partial charge >= 0.3 is 0 Å². The van der Waals surface area contributed by atoms with Gasteiger partial charge in [-0.15, -0.1) is 0 Å². The Balaban J connectivity index is 2.08. The molecule has 2 aromatic rings. The van der Waals surface area contributed by atoms with E-state index in [0.717, 1.165) is 0 Å². The molecule has 0 spiro atoms. The molecule has 2 aromatic carbocycles. The quantitative estimate of drug-likeness (QED) is 0.243. The molecule has 0 radical (unpaired) electrons. The molecule has 1 unspecified atom stereocenters. The van der Waals surface area contributed by atoms with Crippen molar-refractivity contribution in [2.24, 2.45) is 11.0 Å². The summed E-state index contributed by atoms with van der Waals surface area (Å²) < 4.78 is 6.00. The minimum atomic E-state index is -0.751. The zero-order valence-electron chi connectivity index (χ0n) is 17.5. The molecule has 0 saturated carbocycles. The van der Waals surface area contributed by atoms with E-state index >= 15 is 0 Å². The topological polar surface area (TPSA) is 100 Å². The maximum absolute atomic E-state index is 12.7. The van der Waals surface area contributed by atoms with E-state index < -0.39 is 11.9 Å². The second kappa shape index (κ2) is 11.9. The number of carbonyl (C=O) groups excluding carboxylic acids is 2. The van der Waals surface area contributed by atoms with E-state index in [2.05, 4.69) is 15.8 Å². The highest BCUT2D eigenvalue weighted by molar-refractivity contribution is 14.1. The van der Waals surface area contributed by atoms with Crippen molar-refractivity contribution < 1.29 is 19.4 Å². The van der Waals surface area contributed by atoms with Crippen molar-refractivity contribution in [3.63, 3.8) is 0 Å². The fourth-order valence-corrected chi connectivity index (χ4v) is 3.48. The Kier molecular flexibility index (Phi) is 9.57. The minimum absolute atomic E-state index is 0.0607. The van der Waals surface area contributed by atoms with Crippen molar-refractivity contribution in [2.45, 2.75) is 33.2 Å². The van der Waals surface area contributed by atoms with Gasteiger partial charge in [0.05, 0.1) is 16.4 Å². The lowest BCUT2D eigenvalue weighted by Gasteiger charge is -2.19. The summed E-state index contributed by atoms with van der Waals surface area (Å²) >= 11 is 7.85. The third-order valence-electron chi connectivity index (χ3n) is 4.17. The van der Waals surface area contributed by atoms with Crippen LogP contribution in [0.15, 0.2) is 41.5 Å². The first kappa shape index (κ1) is 24.9. The van der Waals surface area contributed by atoms with Crippen molar-refractivity contribution >= 4 is 52.2 Å². The van der Waals surface area contributed by atoms with E-state index in [9.17, 15) is 14.7 Å². The Morgan fingerprint density at radius 1 is 1.26 bits per heavy atom. The third kappa shape index (κ3) is 7.70. The summed E-state index contributed by atoms with van der Waals surface area (Å²) in [6.45, 7) is 6.16. The van der Waals surface area contributed by atoms with Crippen LogP contribution >= 0.6 is 34.2 Å². The van der Waals surface area contributed by atoms with Crippen LogP contribution in [-0.2, 0) is 4.79 Å². The second-order valence-corrected chi connectivity index (χ2v) is 8.78. The molecule has 0 heterocycles. The zero-order valence-corrected chi connectivity index (χ0v) is 20.4. The van der Waals surface area contributed by atoms with Gasteiger partial charge in [-0.3, -0.25) is 9.59 Å². The Hall–Kier alpha value is -2.33. The maximum atomic E-state index is 12.7. The predicted molar refractivity (Wildman–Crippen MR) is 130 cm³/mol. The molecular weight excluding hydrogens is 533 g/mol. The molecule has 0 aromatic heterocycles. The smallest absolute Gasteiger partial charge is 0.262 e. The summed E-state index contributed by atoms with van der Waals surface area (Å²) in [6.07, 6.45) is 1.90. The lowest BCUT2D eigenvalue weighted by Crippen LogP contribution is -2.46. The van der Waals surface area contributed by atoms with Gasteiger partial charge in [0.1, 0.15) is 6.04 Å². The number of ether oxygens (including phenoxy) is 1. The number of rotatable bonds is 9. The van der Waals surface area contributed by atoms with Gasteiger partial charge in [0, 0.05) is 10.6 Å². The lowest BCUT2D eigenvalue weighted by molar-refractivity contribution is -0.123. The van der Waals surface area contributed by atoms with Gasteiger partial charge < -0.3 is 15.2 Å². The summed E-state index contributed by atoms with van der Waals surface area (Å²) in [5, 5.41) is 17.3. The lowest BCUT2D eigenvalue weighted by atomic mass is 10.0. The van der Waals surface area contributed by atoms with E-state index in [1.807, 2.05) is 43.4 Å². The van der Waals surface area contributed by atoms with E-state index in [-0.39, 0.29) is 17.6 Å². The molecule has 0 aliphatic carbocycles. The molecule has 3 N–H and O–H groups in total. The molecule has 0 aliphatic heterocycles. The molecule has 0 fully saturated rings. The van der Waals surface area contributed by atoms with E-state index in [1.54, 1.807) is 36.4 Å².